The number of piperidine rings is 1. The van der Waals surface area contributed by atoms with E-state index >= 15 is 0 Å². The van der Waals surface area contributed by atoms with Crippen molar-refractivity contribution in [1.29, 1.82) is 0 Å². The van der Waals surface area contributed by atoms with Gasteiger partial charge in [-0.3, -0.25) is 0 Å². The molecule has 0 spiro atoms. The van der Waals surface area contributed by atoms with Crippen LogP contribution < -0.4 is 4.90 Å². The Labute approximate surface area is 187 Å². The van der Waals surface area contributed by atoms with Gasteiger partial charge in [0, 0.05) is 59.5 Å². The smallest absolute Gasteiger partial charge is 0 e. The standard InChI is InChI=1S/C14H20N3P.5CO.W/c1-16(2)13-8-6-12(7-9-13)14-15-18(14)17-10-4-3-5-11-17;5*1-2;/h6-9H,3-5,10-11H2,1-2H3;;;;;;/p+1. The molecule has 0 radical (unpaired) electrons. The van der Waals surface area contributed by atoms with Crippen molar-refractivity contribution >= 4 is 19.4 Å². The fourth-order valence-electron chi connectivity index (χ4n) is 2.52. The molecule has 0 N–H and O–H groups in total. The normalized spacial score (nSPS) is 15.0. The summed E-state index contributed by atoms with van der Waals surface area (Å²) in [4.78, 5) is 2.13. The molecule has 2 aliphatic rings. The molecule has 2 aliphatic heterocycles. The zero-order valence-corrected chi connectivity index (χ0v) is 20.1. The fraction of sp³-hybridized carbons (Fsp3) is 0.368. The third-order valence-corrected chi connectivity index (χ3v) is 5.79. The number of hydrogen-bond acceptors (Lipinski definition) is 3. The van der Waals surface area contributed by atoms with Gasteiger partial charge in [0.2, 0.25) is 0 Å². The van der Waals surface area contributed by atoms with Crippen LogP contribution >= 0.6 is 8.22 Å². The first kappa shape index (κ1) is 34.9. The molecule has 0 aliphatic carbocycles. The van der Waals surface area contributed by atoms with E-state index in [1.807, 2.05) is 0 Å². The third kappa shape index (κ3) is 13.3. The van der Waals surface area contributed by atoms with Gasteiger partial charge in [0.15, 0.2) is 0 Å². The second-order valence-electron chi connectivity index (χ2n) is 5.27. The molecular formula is C19H21N3O5PW+. The molecule has 8 nitrogen and oxygen atoms in total. The van der Waals surface area contributed by atoms with Crippen LogP contribution in [-0.4, -0.2) is 37.3 Å². The summed E-state index contributed by atoms with van der Waals surface area (Å²) in [6, 6.07) is 8.81. The Balaban J connectivity index is -0.000000250. The monoisotopic (exact) mass is 586 g/mol. The Kier molecular flexibility index (Phi) is 29.5. The van der Waals surface area contributed by atoms with E-state index in [4.69, 9.17) is 28.0 Å². The maximum Gasteiger partial charge on any atom is 0 e. The molecule has 1 aromatic rings. The minimum atomic E-state index is -0.647. The summed E-state index contributed by atoms with van der Waals surface area (Å²) in [5.41, 5.74) is 3.97. The van der Waals surface area contributed by atoms with Gasteiger partial charge in [-0.1, -0.05) is 11.2 Å². The second kappa shape index (κ2) is 24.5. The Bertz CT molecular complexity index is 628. The maximum atomic E-state index is 7.50. The van der Waals surface area contributed by atoms with Crippen LogP contribution in [0.1, 0.15) is 24.8 Å². The van der Waals surface area contributed by atoms with Crippen LogP contribution in [0.2, 0.25) is 0 Å². The Morgan fingerprint density at radius 2 is 1.21 bits per heavy atom. The molecule has 1 atom stereocenters. The summed E-state index contributed by atoms with van der Waals surface area (Å²) >= 11 is 0. The molecule has 1 unspecified atom stereocenters. The van der Waals surface area contributed by atoms with Gasteiger partial charge in [-0.15, -0.1) is 0 Å². The molecule has 10 heteroatoms. The Morgan fingerprint density at radius 3 is 1.59 bits per heavy atom. The van der Waals surface area contributed by atoms with Gasteiger partial charge in [0.1, 0.15) is 0 Å². The molecule has 29 heavy (non-hydrogen) atoms. The van der Waals surface area contributed by atoms with E-state index in [1.54, 1.807) is 0 Å². The van der Waals surface area contributed by atoms with Crippen LogP contribution in [0.15, 0.2) is 29.0 Å². The predicted molar refractivity (Wildman–Crippen MR) is 101 cm³/mol. The van der Waals surface area contributed by atoms with Gasteiger partial charge >= 0.3 is 56.5 Å². The van der Waals surface area contributed by atoms with Gasteiger partial charge in [0.05, 0.1) is 0 Å². The molecule has 0 saturated carbocycles. The molecule has 0 amide bonds. The van der Waals surface area contributed by atoms with Crippen molar-refractivity contribution in [2.45, 2.75) is 19.3 Å². The van der Waals surface area contributed by atoms with Gasteiger partial charge in [0.25, 0.3) is 13.7 Å². The van der Waals surface area contributed by atoms with Crippen molar-refractivity contribution < 1.29 is 44.3 Å². The molecule has 1 saturated heterocycles. The summed E-state index contributed by atoms with van der Waals surface area (Å²) in [6.07, 6.45) is 4.12. The number of nitrogens with zero attached hydrogens (tertiary/aromatic N) is 3. The average molecular weight is 586 g/mol. The minimum absolute atomic E-state index is 0. The minimum Gasteiger partial charge on any atom is 0 e. The van der Waals surface area contributed by atoms with Gasteiger partial charge in [-0.25, -0.2) is 0 Å². The van der Waals surface area contributed by atoms with E-state index in [-0.39, 0.29) is 21.1 Å². The molecule has 0 bridgehead atoms. The van der Waals surface area contributed by atoms with Crippen LogP contribution in [0, 0.1) is 33.3 Å². The van der Waals surface area contributed by atoms with Crippen LogP contribution in [0.25, 0.3) is 0 Å². The van der Waals surface area contributed by atoms with Crippen molar-refractivity contribution in [2.24, 2.45) is 4.76 Å². The molecule has 0 aromatic heterocycles. The van der Waals surface area contributed by atoms with Gasteiger partial charge in [-0.2, -0.15) is 4.67 Å². The molecular weight excluding hydrogens is 565 g/mol. The summed E-state index contributed by atoms with van der Waals surface area (Å²) in [6.45, 7) is 25.0. The number of rotatable bonds is 3. The van der Waals surface area contributed by atoms with Crippen LogP contribution in [0.3, 0.4) is 0 Å². The van der Waals surface area contributed by atoms with Crippen molar-refractivity contribution in [3.05, 3.63) is 63.1 Å². The molecule has 1 fully saturated rings. The first-order valence-electron chi connectivity index (χ1n) is 7.76. The van der Waals surface area contributed by atoms with E-state index in [9.17, 15) is 0 Å². The number of anilines is 1. The number of hydrogen-bond donors (Lipinski definition) is 0. The third-order valence-electron chi connectivity index (χ3n) is 3.69. The summed E-state index contributed by atoms with van der Waals surface area (Å²) in [5, 5.41) is 0. The van der Waals surface area contributed by atoms with Crippen molar-refractivity contribution in [3.8, 4) is 0 Å². The van der Waals surface area contributed by atoms with E-state index in [1.165, 1.54) is 49.1 Å². The first-order valence-corrected chi connectivity index (χ1v) is 9.16. The van der Waals surface area contributed by atoms with Crippen LogP contribution in [-0.2, 0) is 44.3 Å². The summed E-state index contributed by atoms with van der Waals surface area (Å²) in [5.74, 6) is 0. The van der Waals surface area contributed by atoms with E-state index in [0.29, 0.717) is 0 Å². The average Bonchev–Trinajstić information content (AvgIpc) is 3.62. The quantitative estimate of drug-likeness (QED) is 0.308. The molecule has 1 aromatic carbocycles. The zero-order valence-electron chi connectivity index (χ0n) is 16.1. The fourth-order valence-corrected chi connectivity index (χ4v) is 4.56. The van der Waals surface area contributed by atoms with E-state index < -0.39 is 8.22 Å². The topological polar surface area (TPSA) is 118 Å². The largest absolute Gasteiger partial charge is 0 e. The van der Waals surface area contributed by atoms with Gasteiger partial charge < -0.3 is 4.90 Å². The Hall–Kier alpha value is -1.53. The van der Waals surface area contributed by atoms with Crippen molar-refractivity contribution in [1.82, 2.24) is 4.67 Å². The van der Waals surface area contributed by atoms with Crippen molar-refractivity contribution in [2.75, 3.05) is 32.1 Å². The zero-order chi connectivity index (χ0) is 22.5. The SMILES string of the molecule is CN(C)c1ccc(C2=N[PH+]2N2CCCCC2)cc1.[C-]#[O+].[C-]#[O+].[C-]#[O+].[C-]#[O+].[C-]#[O+].[W]. The van der Waals surface area contributed by atoms with E-state index in [0.717, 1.165) is 0 Å². The predicted octanol–water partition coefficient (Wildman–Crippen LogP) is 2.85. The van der Waals surface area contributed by atoms with Crippen LogP contribution in [0.4, 0.5) is 5.69 Å². The maximum absolute atomic E-state index is 7.50. The van der Waals surface area contributed by atoms with E-state index in [2.05, 4.69) is 81.2 Å². The van der Waals surface area contributed by atoms with Crippen molar-refractivity contribution in [3.63, 3.8) is 0 Å². The molecule has 2 heterocycles. The second-order valence-corrected chi connectivity index (χ2v) is 7.25. The summed E-state index contributed by atoms with van der Waals surface area (Å²) < 4.78 is 44.9. The Morgan fingerprint density at radius 1 is 0.793 bits per heavy atom. The number of benzene rings is 1. The van der Waals surface area contributed by atoms with Crippen LogP contribution in [0.5, 0.6) is 0 Å². The van der Waals surface area contributed by atoms with Gasteiger partial charge in [-0.05, 0) is 37.1 Å². The molecule has 3 rings (SSSR count). The summed E-state index contributed by atoms with van der Waals surface area (Å²) in [7, 11) is 3.50. The molecule has 152 valence electrons. The first-order chi connectivity index (χ1) is 13.8.